The molecule has 0 aliphatic heterocycles. The van der Waals surface area contributed by atoms with Gasteiger partial charge in [-0.3, -0.25) is 4.79 Å². The highest BCUT2D eigenvalue weighted by molar-refractivity contribution is 7.71. The molecule has 1 aromatic rings. The molecule has 0 amide bonds. The van der Waals surface area contributed by atoms with E-state index in [1.54, 1.807) is 0 Å². The summed E-state index contributed by atoms with van der Waals surface area (Å²) in [5.41, 5.74) is 1.82. The quantitative estimate of drug-likeness (QED) is 0.707. The minimum atomic E-state index is 0.0369. The molecule has 15 heavy (non-hydrogen) atoms. The summed E-state index contributed by atoms with van der Waals surface area (Å²) in [5.74, 6) is 0. The first kappa shape index (κ1) is 12.3. The van der Waals surface area contributed by atoms with Crippen LogP contribution in [0, 0.1) is 11.4 Å². The third-order valence-electron chi connectivity index (χ3n) is 2.60. The lowest BCUT2D eigenvalue weighted by molar-refractivity contribution is 0.401. The monoisotopic (exact) mass is 226 g/mol. The van der Waals surface area contributed by atoms with E-state index in [0.717, 1.165) is 30.8 Å². The zero-order valence-corrected chi connectivity index (χ0v) is 10.6. The SMILES string of the molecule is Cc1c(N(C)CCCN(C)C)c(=O)c1=S. The van der Waals surface area contributed by atoms with Crippen molar-refractivity contribution in [3.63, 3.8) is 0 Å². The Morgan fingerprint density at radius 2 is 1.80 bits per heavy atom. The number of nitrogens with zero attached hydrogens (tertiary/aromatic N) is 2. The van der Waals surface area contributed by atoms with Crippen molar-refractivity contribution in [1.82, 2.24) is 4.90 Å². The molecular weight excluding hydrogens is 208 g/mol. The van der Waals surface area contributed by atoms with Gasteiger partial charge in [-0.15, -0.1) is 0 Å². The van der Waals surface area contributed by atoms with Crippen LogP contribution in [0.2, 0.25) is 0 Å². The van der Waals surface area contributed by atoms with E-state index in [9.17, 15) is 4.79 Å². The van der Waals surface area contributed by atoms with E-state index in [2.05, 4.69) is 4.90 Å². The van der Waals surface area contributed by atoms with Crippen molar-refractivity contribution in [2.75, 3.05) is 39.1 Å². The summed E-state index contributed by atoms with van der Waals surface area (Å²) in [5, 5.41) is 0. The van der Waals surface area contributed by atoms with E-state index in [-0.39, 0.29) is 5.43 Å². The lowest BCUT2D eigenvalue weighted by Crippen LogP contribution is -2.31. The fourth-order valence-electron chi connectivity index (χ4n) is 1.69. The molecule has 0 aliphatic rings. The molecule has 0 saturated carbocycles. The molecule has 3 nitrogen and oxygen atoms in total. The van der Waals surface area contributed by atoms with Gasteiger partial charge in [-0.25, -0.2) is 0 Å². The van der Waals surface area contributed by atoms with Crippen LogP contribution >= 0.6 is 12.2 Å². The minimum absolute atomic E-state index is 0.0369. The highest BCUT2D eigenvalue weighted by Gasteiger charge is 2.16. The second kappa shape index (κ2) is 4.86. The second-order valence-electron chi connectivity index (χ2n) is 4.21. The second-order valence-corrected chi connectivity index (χ2v) is 4.62. The average Bonchev–Trinajstić information content (AvgIpc) is 2.17. The van der Waals surface area contributed by atoms with Gasteiger partial charge in [-0.05, 0) is 39.5 Å². The molecule has 0 saturated heterocycles. The van der Waals surface area contributed by atoms with Gasteiger partial charge >= 0.3 is 0 Å². The van der Waals surface area contributed by atoms with Gasteiger partial charge in [-0.1, -0.05) is 12.2 Å². The zero-order chi connectivity index (χ0) is 11.6. The van der Waals surface area contributed by atoms with Gasteiger partial charge in [-0.2, -0.15) is 0 Å². The normalized spacial score (nSPS) is 11.3. The third-order valence-corrected chi connectivity index (χ3v) is 3.09. The topological polar surface area (TPSA) is 23.6 Å². The van der Waals surface area contributed by atoms with Crippen molar-refractivity contribution < 1.29 is 0 Å². The van der Waals surface area contributed by atoms with E-state index < -0.39 is 0 Å². The Bertz CT molecular complexity index is 405. The summed E-state index contributed by atoms with van der Waals surface area (Å²) in [6, 6.07) is 0. The maximum absolute atomic E-state index is 11.5. The van der Waals surface area contributed by atoms with Gasteiger partial charge in [0.2, 0.25) is 5.43 Å². The van der Waals surface area contributed by atoms with Gasteiger partial charge in [0, 0.05) is 13.6 Å². The zero-order valence-electron chi connectivity index (χ0n) is 9.83. The van der Waals surface area contributed by atoms with E-state index in [1.807, 2.05) is 33.0 Å². The summed E-state index contributed by atoms with van der Waals surface area (Å²) in [6.45, 7) is 3.86. The van der Waals surface area contributed by atoms with Crippen LogP contribution in [0.5, 0.6) is 0 Å². The van der Waals surface area contributed by atoms with Gasteiger partial charge in [0.1, 0.15) is 0 Å². The van der Waals surface area contributed by atoms with Gasteiger partial charge in [0.25, 0.3) is 0 Å². The average molecular weight is 226 g/mol. The molecule has 0 spiro atoms. The fraction of sp³-hybridized carbons (Fsp3) is 0.636. The van der Waals surface area contributed by atoms with E-state index >= 15 is 0 Å². The molecule has 84 valence electrons. The summed E-state index contributed by atoms with van der Waals surface area (Å²) in [7, 11) is 6.05. The standard InChI is InChI=1S/C11H18N2OS/c1-8-9(10(14)11(8)15)13(4)7-5-6-12(2)3/h5-7H2,1-4H3. The fourth-order valence-corrected chi connectivity index (χ4v) is 1.88. The van der Waals surface area contributed by atoms with Crippen LogP contribution in [-0.4, -0.2) is 39.1 Å². The van der Waals surface area contributed by atoms with Gasteiger partial charge in [0.15, 0.2) is 0 Å². The van der Waals surface area contributed by atoms with Crippen molar-refractivity contribution in [1.29, 1.82) is 0 Å². The number of hydrogen-bond acceptors (Lipinski definition) is 4. The summed E-state index contributed by atoms with van der Waals surface area (Å²) in [4.78, 5) is 15.6. The van der Waals surface area contributed by atoms with Crippen LogP contribution in [0.1, 0.15) is 12.0 Å². The summed E-state index contributed by atoms with van der Waals surface area (Å²) >= 11 is 4.94. The first-order chi connectivity index (χ1) is 6.95. The number of hydrogen-bond donors (Lipinski definition) is 0. The molecule has 0 N–H and O–H groups in total. The Hall–Kier alpha value is -0.740. The van der Waals surface area contributed by atoms with Crippen molar-refractivity contribution in [2.45, 2.75) is 13.3 Å². The summed E-state index contributed by atoms with van der Waals surface area (Å²) in [6.07, 6.45) is 1.06. The van der Waals surface area contributed by atoms with Crippen molar-refractivity contribution in [3.05, 3.63) is 20.3 Å². The van der Waals surface area contributed by atoms with Crippen LogP contribution in [0.4, 0.5) is 5.69 Å². The Kier molecular flexibility index (Phi) is 3.99. The third kappa shape index (κ3) is 2.63. The van der Waals surface area contributed by atoms with Crippen LogP contribution in [0.3, 0.4) is 0 Å². The molecule has 0 atom stereocenters. The number of anilines is 1. The molecule has 0 aliphatic carbocycles. The highest BCUT2D eigenvalue weighted by Crippen LogP contribution is 2.18. The molecule has 0 radical (unpaired) electrons. The molecular formula is C11H18N2OS. The molecule has 1 aromatic carbocycles. The number of rotatable bonds is 5. The van der Waals surface area contributed by atoms with Crippen molar-refractivity contribution in [2.24, 2.45) is 0 Å². The molecule has 0 bridgehead atoms. The Labute approximate surface area is 96.0 Å². The van der Waals surface area contributed by atoms with E-state index in [0.29, 0.717) is 4.51 Å². The first-order valence-corrected chi connectivity index (χ1v) is 5.51. The van der Waals surface area contributed by atoms with Crippen LogP contribution in [0.15, 0.2) is 4.79 Å². The molecule has 0 heterocycles. The maximum Gasteiger partial charge on any atom is 0.220 e. The predicted octanol–water partition coefficient (Wildman–Crippen LogP) is 1.35. The minimum Gasteiger partial charge on any atom is -0.371 e. The molecule has 0 fully saturated rings. The van der Waals surface area contributed by atoms with Crippen LogP contribution < -0.4 is 10.3 Å². The summed E-state index contributed by atoms with van der Waals surface area (Å²) < 4.78 is 0.504. The maximum atomic E-state index is 11.5. The molecule has 4 heteroatoms. The largest absolute Gasteiger partial charge is 0.371 e. The lowest BCUT2D eigenvalue weighted by Gasteiger charge is -2.23. The van der Waals surface area contributed by atoms with Gasteiger partial charge in [0.05, 0.1) is 10.2 Å². The smallest absolute Gasteiger partial charge is 0.220 e. The van der Waals surface area contributed by atoms with Crippen LogP contribution in [-0.2, 0) is 0 Å². The highest BCUT2D eigenvalue weighted by atomic mass is 32.1. The molecule has 0 unspecified atom stereocenters. The Morgan fingerprint density at radius 1 is 1.20 bits per heavy atom. The Balaban J connectivity index is 2.52. The predicted molar refractivity (Wildman–Crippen MR) is 67.1 cm³/mol. The van der Waals surface area contributed by atoms with E-state index in [4.69, 9.17) is 12.2 Å². The van der Waals surface area contributed by atoms with Gasteiger partial charge < -0.3 is 9.80 Å². The van der Waals surface area contributed by atoms with Crippen molar-refractivity contribution >= 4 is 17.9 Å². The molecule has 1 rings (SSSR count). The van der Waals surface area contributed by atoms with E-state index in [1.165, 1.54) is 0 Å². The Morgan fingerprint density at radius 3 is 2.27 bits per heavy atom. The first-order valence-electron chi connectivity index (χ1n) is 5.11. The molecule has 0 aromatic heterocycles. The van der Waals surface area contributed by atoms with Crippen molar-refractivity contribution in [3.8, 4) is 0 Å². The van der Waals surface area contributed by atoms with Crippen LogP contribution in [0.25, 0.3) is 0 Å². The lowest BCUT2D eigenvalue weighted by atomic mass is 10.1.